The Labute approximate surface area is 98.5 Å². The van der Waals surface area contributed by atoms with Crippen LogP contribution in [0, 0.1) is 5.82 Å². The fourth-order valence-corrected chi connectivity index (χ4v) is 2.81. The number of benzene rings is 1. The van der Waals surface area contributed by atoms with Gasteiger partial charge in [0, 0.05) is 5.56 Å². The number of aliphatic hydroxyl groups is 1. The highest BCUT2D eigenvalue weighted by Crippen LogP contribution is 2.34. The first-order valence-corrected chi connectivity index (χ1v) is 5.84. The number of halogens is 2. The molecule has 2 rings (SSSR count). The molecule has 0 spiro atoms. The molecule has 0 atom stereocenters. The molecule has 0 radical (unpaired) electrons. The van der Waals surface area contributed by atoms with Crippen LogP contribution >= 0.6 is 27.3 Å². The Kier molecular flexibility index (Phi) is 3.14. The maximum Gasteiger partial charge on any atom is 0.160 e. The molecule has 1 N–H and O–H groups in total. The van der Waals surface area contributed by atoms with E-state index in [0.717, 1.165) is 0 Å². The molecule has 1 aromatic carbocycles. The summed E-state index contributed by atoms with van der Waals surface area (Å²) in [6.45, 7) is -0.189. The fraction of sp³-hybridized carbons (Fsp3) is 0.100. The van der Waals surface area contributed by atoms with Gasteiger partial charge >= 0.3 is 0 Å². The summed E-state index contributed by atoms with van der Waals surface area (Å²) >= 11 is 4.53. The number of nitrogens with zero attached hydrogens (tertiary/aromatic N) is 1. The highest BCUT2D eigenvalue weighted by molar-refractivity contribution is 9.11. The Hall–Kier alpha value is -0.780. The molecular weight excluding hydrogens is 281 g/mol. The lowest BCUT2D eigenvalue weighted by molar-refractivity contribution is 0.278. The van der Waals surface area contributed by atoms with Gasteiger partial charge in [-0.25, -0.2) is 9.37 Å². The van der Waals surface area contributed by atoms with Gasteiger partial charge in [0.15, 0.2) is 3.92 Å². The molecule has 1 heterocycles. The summed E-state index contributed by atoms with van der Waals surface area (Å²) in [7, 11) is 0. The zero-order valence-electron chi connectivity index (χ0n) is 7.58. The van der Waals surface area contributed by atoms with Crippen LogP contribution in [0.1, 0.15) is 5.69 Å². The highest BCUT2D eigenvalue weighted by Gasteiger charge is 2.13. The molecule has 0 aliphatic rings. The van der Waals surface area contributed by atoms with Gasteiger partial charge in [-0.1, -0.05) is 18.2 Å². The van der Waals surface area contributed by atoms with Crippen molar-refractivity contribution in [3.63, 3.8) is 0 Å². The van der Waals surface area contributed by atoms with Gasteiger partial charge in [0.25, 0.3) is 0 Å². The van der Waals surface area contributed by atoms with Crippen molar-refractivity contribution in [3.05, 3.63) is 39.7 Å². The third-order valence-corrected chi connectivity index (χ3v) is 3.52. The van der Waals surface area contributed by atoms with E-state index in [9.17, 15) is 4.39 Å². The Bertz CT molecular complexity index is 486. The summed E-state index contributed by atoms with van der Waals surface area (Å²) in [5.74, 6) is -0.302. The van der Waals surface area contributed by atoms with E-state index in [0.29, 0.717) is 20.1 Å². The van der Waals surface area contributed by atoms with Crippen molar-refractivity contribution in [1.82, 2.24) is 4.98 Å². The third kappa shape index (κ3) is 2.09. The summed E-state index contributed by atoms with van der Waals surface area (Å²) in [6.07, 6.45) is 0. The molecule has 0 bridgehead atoms. The van der Waals surface area contributed by atoms with E-state index in [1.165, 1.54) is 17.4 Å². The Morgan fingerprint density at radius 1 is 1.40 bits per heavy atom. The number of aromatic nitrogens is 1. The molecule has 15 heavy (non-hydrogen) atoms. The largest absolute Gasteiger partial charge is 0.390 e. The summed E-state index contributed by atoms with van der Waals surface area (Å²) in [5, 5.41) is 9.08. The highest BCUT2D eigenvalue weighted by atomic mass is 79.9. The van der Waals surface area contributed by atoms with Crippen molar-refractivity contribution in [2.75, 3.05) is 0 Å². The van der Waals surface area contributed by atoms with Gasteiger partial charge in [0.2, 0.25) is 0 Å². The first-order valence-electron chi connectivity index (χ1n) is 4.23. The van der Waals surface area contributed by atoms with Gasteiger partial charge < -0.3 is 5.11 Å². The second-order valence-corrected chi connectivity index (χ2v) is 5.16. The van der Waals surface area contributed by atoms with Gasteiger partial charge in [-0.15, -0.1) is 11.3 Å². The van der Waals surface area contributed by atoms with E-state index in [1.54, 1.807) is 18.2 Å². The van der Waals surface area contributed by atoms with Crippen molar-refractivity contribution < 1.29 is 9.50 Å². The topological polar surface area (TPSA) is 33.1 Å². The molecule has 0 aliphatic carbocycles. The monoisotopic (exact) mass is 287 g/mol. The van der Waals surface area contributed by atoms with E-state index >= 15 is 0 Å². The van der Waals surface area contributed by atoms with Crippen LogP contribution in [0.2, 0.25) is 0 Å². The van der Waals surface area contributed by atoms with Crippen LogP contribution in [0.5, 0.6) is 0 Å². The van der Waals surface area contributed by atoms with E-state index in [4.69, 9.17) is 5.11 Å². The van der Waals surface area contributed by atoms with Crippen LogP contribution in [0.25, 0.3) is 10.4 Å². The smallest absolute Gasteiger partial charge is 0.160 e. The Balaban J connectivity index is 2.58. The summed E-state index contributed by atoms with van der Waals surface area (Å²) < 4.78 is 14.1. The van der Waals surface area contributed by atoms with Crippen LogP contribution in [-0.2, 0) is 6.61 Å². The summed E-state index contributed by atoms with van der Waals surface area (Å²) in [4.78, 5) is 4.73. The standard InChI is InChI=1S/C10H7BrFNOS/c11-10-13-8(5-14)9(15-10)6-3-1-2-4-7(6)12/h1-4,14H,5H2. The van der Waals surface area contributed by atoms with Crippen LogP contribution in [0.4, 0.5) is 4.39 Å². The minimum absolute atomic E-state index is 0.189. The Morgan fingerprint density at radius 2 is 2.13 bits per heavy atom. The molecule has 0 unspecified atom stereocenters. The first-order chi connectivity index (χ1) is 7.22. The predicted molar refractivity (Wildman–Crippen MR) is 61.1 cm³/mol. The van der Waals surface area contributed by atoms with Crippen molar-refractivity contribution in [1.29, 1.82) is 0 Å². The van der Waals surface area contributed by atoms with Crippen molar-refractivity contribution in [2.45, 2.75) is 6.61 Å². The SMILES string of the molecule is OCc1nc(Br)sc1-c1ccccc1F. The quantitative estimate of drug-likeness (QED) is 0.920. The molecule has 2 aromatic rings. The summed E-state index contributed by atoms with van der Waals surface area (Å²) in [6, 6.07) is 6.46. The van der Waals surface area contributed by atoms with Crippen molar-refractivity contribution in [2.24, 2.45) is 0 Å². The van der Waals surface area contributed by atoms with Gasteiger partial charge in [0.05, 0.1) is 17.2 Å². The number of hydrogen-bond donors (Lipinski definition) is 1. The molecular formula is C10H7BrFNOS. The second kappa shape index (κ2) is 4.38. The van der Waals surface area contributed by atoms with Crippen LogP contribution in [-0.4, -0.2) is 10.1 Å². The number of hydrogen-bond acceptors (Lipinski definition) is 3. The van der Waals surface area contributed by atoms with E-state index in [-0.39, 0.29) is 12.4 Å². The van der Waals surface area contributed by atoms with Crippen molar-refractivity contribution in [3.8, 4) is 10.4 Å². The van der Waals surface area contributed by atoms with Gasteiger partial charge in [-0.3, -0.25) is 0 Å². The minimum atomic E-state index is -0.302. The molecule has 1 aromatic heterocycles. The third-order valence-electron chi connectivity index (χ3n) is 1.94. The van der Waals surface area contributed by atoms with Crippen molar-refractivity contribution >= 4 is 27.3 Å². The van der Waals surface area contributed by atoms with E-state index < -0.39 is 0 Å². The van der Waals surface area contributed by atoms with E-state index in [2.05, 4.69) is 20.9 Å². The Morgan fingerprint density at radius 3 is 2.80 bits per heavy atom. The van der Waals surface area contributed by atoms with E-state index in [1.807, 2.05) is 0 Å². The zero-order valence-corrected chi connectivity index (χ0v) is 9.98. The molecule has 0 fully saturated rings. The molecule has 0 saturated heterocycles. The number of rotatable bonds is 2. The van der Waals surface area contributed by atoms with Crippen LogP contribution in [0.3, 0.4) is 0 Å². The predicted octanol–water partition coefficient (Wildman–Crippen LogP) is 3.20. The molecule has 5 heteroatoms. The lowest BCUT2D eigenvalue weighted by atomic mass is 10.1. The first kappa shape index (κ1) is 10.7. The lowest BCUT2D eigenvalue weighted by Crippen LogP contribution is -1.88. The molecule has 0 aliphatic heterocycles. The lowest BCUT2D eigenvalue weighted by Gasteiger charge is -2.00. The average Bonchev–Trinajstić information content (AvgIpc) is 2.60. The van der Waals surface area contributed by atoms with Gasteiger partial charge in [-0.05, 0) is 22.0 Å². The average molecular weight is 288 g/mol. The van der Waals surface area contributed by atoms with Gasteiger partial charge in [0.1, 0.15) is 5.82 Å². The zero-order chi connectivity index (χ0) is 10.8. The maximum absolute atomic E-state index is 13.5. The molecule has 0 amide bonds. The number of aliphatic hydroxyl groups excluding tert-OH is 1. The minimum Gasteiger partial charge on any atom is -0.390 e. The second-order valence-electron chi connectivity index (χ2n) is 2.88. The normalized spacial score (nSPS) is 10.6. The molecule has 78 valence electrons. The van der Waals surface area contributed by atoms with Crippen LogP contribution < -0.4 is 0 Å². The molecule has 2 nitrogen and oxygen atoms in total. The van der Waals surface area contributed by atoms with Gasteiger partial charge in [-0.2, -0.15) is 0 Å². The fourth-order valence-electron chi connectivity index (χ4n) is 1.29. The molecule has 0 saturated carbocycles. The maximum atomic E-state index is 13.5. The number of thiazole rings is 1. The van der Waals surface area contributed by atoms with Crippen LogP contribution in [0.15, 0.2) is 28.2 Å². The summed E-state index contributed by atoms with van der Waals surface area (Å²) in [5.41, 5.74) is 0.974.